The van der Waals surface area contributed by atoms with Gasteiger partial charge in [0.1, 0.15) is 28.6 Å². The summed E-state index contributed by atoms with van der Waals surface area (Å²) in [6, 6.07) is 2.84. The summed E-state index contributed by atoms with van der Waals surface area (Å²) < 4.78 is 30.1. The quantitative estimate of drug-likeness (QED) is 0.361. The highest BCUT2D eigenvalue weighted by Gasteiger charge is 2.28. The molecule has 0 saturated heterocycles. The summed E-state index contributed by atoms with van der Waals surface area (Å²) in [7, 11) is 6.53. The van der Waals surface area contributed by atoms with Gasteiger partial charge in [-0.3, -0.25) is 9.59 Å². The van der Waals surface area contributed by atoms with Crippen molar-refractivity contribution in [1.29, 1.82) is 0 Å². The van der Waals surface area contributed by atoms with Gasteiger partial charge in [-0.1, -0.05) is 0 Å². The normalized spacial score (nSPS) is 10.1. The van der Waals surface area contributed by atoms with Gasteiger partial charge in [-0.15, -0.1) is 11.3 Å². The summed E-state index contributed by atoms with van der Waals surface area (Å²) in [6.45, 7) is -0.975. The molecule has 12 nitrogen and oxygen atoms in total. The second-order valence-corrected chi connectivity index (χ2v) is 7.44. The van der Waals surface area contributed by atoms with E-state index in [1.807, 2.05) is 0 Å². The third-order valence-corrected chi connectivity index (χ3v) is 5.53. The van der Waals surface area contributed by atoms with Crippen molar-refractivity contribution in [3.05, 3.63) is 33.7 Å². The summed E-state index contributed by atoms with van der Waals surface area (Å²) >= 11 is 0.802. The first-order chi connectivity index (χ1) is 16.2. The zero-order valence-electron chi connectivity index (χ0n) is 19.1. The number of nitrogens with two attached hydrogens (primary N) is 1. The van der Waals surface area contributed by atoms with E-state index in [4.69, 9.17) is 24.7 Å². The lowest BCUT2D eigenvalue weighted by Crippen LogP contribution is -2.30. The van der Waals surface area contributed by atoms with Gasteiger partial charge in [0.25, 0.3) is 5.91 Å². The minimum Gasteiger partial charge on any atom is -0.493 e. The molecule has 13 heteroatoms. The number of thiophene rings is 1. The van der Waals surface area contributed by atoms with Crippen molar-refractivity contribution in [3.8, 4) is 17.2 Å². The van der Waals surface area contributed by atoms with Gasteiger partial charge in [0.05, 0.1) is 35.5 Å². The van der Waals surface area contributed by atoms with E-state index in [2.05, 4.69) is 14.8 Å². The SMILES string of the molecule is COC(=O)c1sc(N)c(C(=O)OC)c1COC(=O)CNC(=O)c1cc(OC)c(OC)c(OC)c1. The number of methoxy groups -OCH3 is 5. The largest absolute Gasteiger partial charge is 0.493 e. The smallest absolute Gasteiger partial charge is 0.348 e. The van der Waals surface area contributed by atoms with Crippen molar-refractivity contribution in [2.75, 3.05) is 47.8 Å². The van der Waals surface area contributed by atoms with Crippen LogP contribution in [0.1, 0.15) is 36.0 Å². The number of nitrogen functional groups attached to an aromatic ring is 1. The third kappa shape index (κ3) is 5.67. The predicted molar refractivity (Wildman–Crippen MR) is 120 cm³/mol. The van der Waals surface area contributed by atoms with E-state index in [1.165, 1.54) is 33.5 Å². The fourth-order valence-electron chi connectivity index (χ4n) is 2.88. The Hall–Kier alpha value is -4.00. The average molecular weight is 496 g/mol. The molecule has 0 unspecified atom stereocenters. The first kappa shape index (κ1) is 26.3. The highest BCUT2D eigenvalue weighted by atomic mass is 32.1. The molecule has 1 heterocycles. The Morgan fingerprint density at radius 3 is 2.00 bits per heavy atom. The summed E-state index contributed by atoms with van der Waals surface area (Å²) in [4.78, 5) is 48.9. The van der Waals surface area contributed by atoms with Crippen LogP contribution in [0.15, 0.2) is 12.1 Å². The number of esters is 3. The Morgan fingerprint density at radius 1 is 0.912 bits per heavy atom. The lowest BCUT2D eigenvalue weighted by atomic mass is 10.1. The molecule has 0 aliphatic carbocycles. The van der Waals surface area contributed by atoms with E-state index in [9.17, 15) is 19.2 Å². The Kier molecular flexibility index (Phi) is 9.07. The van der Waals surface area contributed by atoms with Crippen molar-refractivity contribution in [2.24, 2.45) is 0 Å². The number of hydrogen-bond donors (Lipinski definition) is 2. The number of nitrogens with one attached hydrogen (secondary N) is 1. The van der Waals surface area contributed by atoms with E-state index in [0.717, 1.165) is 25.6 Å². The maximum absolute atomic E-state index is 12.5. The summed E-state index contributed by atoms with van der Waals surface area (Å²) in [5.41, 5.74) is 5.93. The molecule has 0 bridgehead atoms. The second kappa shape index (κ2) is 11.7. The first-order valence-corrected chi connectivity index (χ1v) is 10.3. The van der Waals surface area contributed by atoms with Crippen LogP contribution < -0.4 is 25.3 Å². The molecule has 1 aromatic heterocycles. The molecule has 2 rings (SSSR count). The van der Waals surface area contributed by atoms with Gasteiger partial charge in [0, 0.05) is 11.1 Å². The molecule has 0 aliphatic rings. The Balaban J connectivity index is 2.12. The van der Waals surface area contributed by atoms with Crippen molar-refractivity contribution in [3.63, 3.8) is 0 Å². The van der Waals surface area contributed by atoms with E-state index in [-0.39, 0.29) is 38.1 Å². The molecule has 0 radical (unpaired) electrons. The minimum absolute atomic E-state index is 0.00495. The van der Waals surface area contributed by atoms with Crippen LogP contribution in [0.4, 0.5) is 5.00 Å². The van der Waals surface area contributed by atoms with E-state index in [1.54, 1.807) is 0 Å². The van der Waals surface area contributed by atoms with Crippen molar-refractivity contribution in [1.82, 2.24) is 5.32 Å². The van der Waals surface area contributed by atoms with Gasteiger partial charge in [-0.2, -0.15) is 0 Å². The van der Waals surface area contributed by atoms with E-state index < -0.39 is 37.0 Å². The van der Waals surface area contributed by atoms with Crippen LogP contribution in [0, 0.1) is 0 Å². The third-order valence-electron chi connectivity index (χ3n) is 4.49. The first-order valence-electron chi connectivity index (χ1n) is 9.53. The highest BCUT2D eigenvalue weighted by Crippen LogP contribution is 2.38. The Bertz CT molecular complexity index is 1070. The standard InChI is InChI=1S/C21H24N2O10S/c1-28-12-6-10(7-13(29-2)16(12)30-3)19(25)23-8-14(24)33-9-11-15(20(26)31-4)18(22)34-17(11)21(27)32-5/h6-7H,8-9,22H2,1-5H3,(H,23,25). The summed E-state index contributed by atoms with van der Waals surface area (Å²) in [6.07, 6.45) is 0. The lowest BCUT2D eigenvalue weighted by Gasteiger charge is -2.14. The molecule has 1 aromatic carbocycles. The van der Waals surface area contributed by atoms with Gasteiger partial charge >= 0.3 is 17.9 Å². The van der Waals surface area contributed by atoms with Crippen molar-refractivity contribution >= 4 is 40.2 Å². The molecule has 2 aromatic rings. The number of anilines is 1. The van der Waals surface area contributed by atoms with Gasteiger partial charge < -0.3 is 39.5 Å². The fraction of sp³-hybridized carbons (Fsp3) is 0.333. The van der Waals surface area contributed by atoms with Gasteiger partial charge in [0.15, 0.2) is 11.5 Å². The maximum Gasteiger partial charge on any atom is 0.348 e. The highest BCUT2D eigenvalue weighted by molar-refractivity contribution is 7.18. The number of hydrogen-bond acceptors (Lipinski definition) is 12. The average Bonchev–Trinajstić information content (AvgIpc) is 3.19. The van der Waals surface area contributed by atoms with Gasteiger partial charge in [0.2, 0.25) is 5.75 Å². The second-order valence-electron chi connectivity index (χ2n) is 6.39. The molecule has 34 heavy (non-hydrogen) atoms. The molecular weight excluding hydrogens is 472 g/mol. The number of benzene rings is 1. The van der Waals surface area contributed by atoms with E-state index >= 15 is 0 Å². The molecule has 1 amide bonds. The minimum atomic E-state index is -0.836. The van der Waals surface area contributed by atoms with Crippen molar-refractivity contribution < 1.29 is 47.6 Å². The lowest BCUT2D eigenvalue weighted by molar-refractivity contribution is -0.143. The molecular formula is C21H24N2O10S. The zero-order valence-corrected chi connectivity index (χ0v) is 20.0. The zero-order chi connectivity index (χ0) is 25.4. The van der Waals surface area contributed by atoms with Crippen LogP contribution in [0.25, 0.3) is 0 Å². The topological polar surface area (TPSA) is 162 Å². The molecule has 3 N–H and O–H groups in total. The monoisotopic (exact) mass is 496 g/mol. The van der Waals surface area contributed by atoms with Crippen LogP contribution in [0.3, 0.4) is 0 Å². The molecule has 0 aliphatic heterocycles. The van der Waals surface area contributed by atoms with Gasteiger partial charge in [-0.25, -0.2) is 9.59 Å². The van der Waals surface area contributed by atoms with Crippen LogP contribution in [0.5, 0.6) is 17.2 Å². The number of ether oxygens (including phenoxy) is 6. The summed E-state index contributed by atoms with van der Waals surface area (Å²) in [5.74, 6) is -2.18. The number of carbonyl (C=O) groups excluding carboxylic acids is 4. The molecule has 0 spiro atoms. The molecule has 184 valence electrons. The molecule has 0 saturated carbocycles. The molecule has 0 fully saturated rings. The van der Waals surface area contributed by atoms with Crippen LogP contribution in [-0.4, -0.2) is 65.9 Å². The Labute approximate surface area is 198 Å². The Morgan fingerprint density at radius 2 is 1.50 bits per heavy atom. The van der Waals surface area contributed by atoms with Crippen LogP contribution in [0.2, 0.25) is 0 Å². The predicted octanol–water partition coefficient (Wildman–Crippen LogP) is 1.40. The molecule has 0 atom stereocenters. The summed E-state index contributed by atoms with van der Waals surface area (Å²) in [5, 5.41) is 2.41. The van der Waals surface area contributed by atoms with Gasteiger partial charge in [-0.05, 0) is 12.1 Å². The fourth-order valence-corrected chi connectivity index (χ4v) is 3.86. The van der Waals surface area contributed by atoms with Crippen molar-refractivity contribution in [2.45, 2.75) is 6.61 Å². The number of amides is 1. The number of carbonyl (C=O) groups is 4. The maximum atomic E-state index is 12.5. The van der Waals surface area contributed by atoms with E-state index in [0.29, 0.717) is 5.75 Å². The van der Waals surface area contributed by atoms with Crippen LogP contribution >= 0.6 is 11.3 Å². The number of rotatable bonds is 10. The van der Waals surface area contributed by atoms with Crippen LogP contribution in [-0.2, 0) is 25.6 Å².